The Morgan fingerprint density at radius 1 is 1.24 bits per heavy atom. The van der Waals surface area contributed by atoms with E-state index in [-0.39, 0.29) is 23.9 Å². The van der Waals surface area contributed by atoms with Gasteiger partial charge in [-0.15, -0.1) is 0 Å². The molecule has 1 saturated heterocycles. The van der Waals surface area contributed by atoms with Crippen LogP contribution in [-0.2, 0) is 34.8 Å². The number of amides is 1. The van der Waals surface area contributed by atoms with Crippen LogP contribution in [0.1, 0.15) is 18.2 Å². The molecule has 174 valence electrons. The van der Waals surface area contributed by atoms with Gasteiger partial charge in [-0.3, -0.25) is 14.5 Å². The number of sulfonamides is 1. The third-order valence-electron chi connectivity index (χ3n) is 6.40. The highest BCUT2D eigenvalue weighted by Gasteiger charge is 2.30. The number of nitrogens with zero attached hydrogens (tertiary/aromatic N) is 4. The maximum atomic E-state index is 12.9. The van der Waals surface area contributed by atoms with Crippen LogP contribution in [0.3, 0.4) is 0 Å². The van der Waals surface area contributed by atoms with Crippen molar-refractivity contribution in [2.24, 2.45) is 7.05 Å². The first-order valence-corrected chi connectivity index (χ1v) is 12.6. The van der Waals surface area contributed by atoms with Crippen LogP contribution < -0.4 is 10.9 Å². The van der Waals surface area contributed by atoms with Gasteiger partial charge in [0.25, 0.3) is 5.56 Å². The van der Waals surface area contributed by atoms with E-state index in [2.05, 4.69) is 15.2 Å². The van der Waals surface area contributed by atoms with Crippen LogP contribution in [0, 0.1) is 0 Å². The molecule has 0 unspecified atom stereocenters. The molecule has 3 aromatic heterocycles. The molecule has 0 bridgehead atoms. The Bertz CT molecular complexity index is 1440. The number of carbonyl (C=O) groups is 1. The Balaban J connectivity index is 1.52. The zero-order valence-corrected chi connectivity index (χ0v) is 19.5. The summed E-state index contributed by atoms with van der Waals surface area (Å²) in [5.74, 6) is 1.05. The van der Waals surface area contributed by atoms with Gasteiger partial charge in [-0.05, 0) is 24.6 Å². The first kappa shape index (κ1) is 21.8. The number of rotatable bonds is 4. The predicted molar refractivity (Wildman–Crippen MR) is 123 cm³/mol. The van der Waals surface area contributed by atoms with Gasteiger partial charge in [0.2, 0.25) is 15.9 Å². The Morgan fingerprint density at radius 2 is 2.03 bits per heavy atom. The number of carbonyl (C=O) groups excluding carboxylic acids is 1. The van der Waals surface area contributed by atoms with Crippen molar-refractivity contribution < 1.29 is 17.6 Å². The molecule has 33 heavy (non-hydrogen) atoms. The molecular formula is C22H25N5O5S. The van der Waals surface area contributed by atoms with E-state index in [0.29, 0.717) is 48.7 Å². The van der Waals surface area contributed by atoms with E-state index in [9.17, 15) is 18.0 Å². The molecule has 2 aliphatic heterocycles. The lowest BCUT2D eigenvalue weighted by Gasteiger charge is -2.38. The highest BCUT2D eigenvalue weighted by atomic mass is 32.2. The topological polar surface area (TPSA) is 118 Å². The number of piperazine rings is 1. The lowest BCUT2D eigenvalue weighted by atomic mass is 10.0. The molecule has 5 heterocycles. The number of anilines is 1. The van der Waals surface area contributed by atoms with Crippen LogP contribution in [0.25, 0.3) is 22.1 Å². The number of hydrogen-bond acceptors (Lipinski definition) is 7. The summed E-state index contributed by atoms with van der Waals surface area (Å²) < 4.78 is 33.0. The fourth-order valence-electron chi connectivity index (χ4n) is 4.64. The molecule has 5 rings (SSSR count). The number of furan rings is 1. The quantitative estimate of drug-likeness (QED) is 0.607. The zero-order valence-electron chi connectivity index (χ0n) is 18.7. The lowest BCUT2D eigenvalue weighted by Crippen LogP contribution is -2.52. The van der Waals surface area contributed by atoms with Gasteiger partial charge in [-0.1, -0.05) is 0 Å². The Labute approximate surface area is 190 Å². The maximum Gasteiger partial charge on any atom is 0.261 e. The number of aryl methyl sites for hydroxylation is 1. The second kappa shape index (κ2) is 7.79. The van der Waals surface area contributed by atoms with Crippen molar-refractivity contribution in [2.45, 2.75) is 25.9 Å². The van der Waals surface area contributed by atoms with Crippen molar-refractivity contribution in [1.82, 2.24) is 18.8 Å². The molecule has 0 saturated carbocycles. The van der Waals surface area contributed by atoms with Crippen molar-refractivity contribution in [3.63, 3.8) is 0 Å². The molecule has 1 fully saturated rings. The molecule has 0 aliphatic carbocycles. The summed E-state index contributed by atoms with van der Waals surface area (Å²) in [6.45, 7) is 3.85. The van der Waals surface area contributed by atoms with Gasteiger partial charge in [0, 0.05) is 56.2 Å². The van der Waals surface area contributed by atoms with Crippen LogP contribution >= 0.6 is 0 Å². The van der Waals surface area contributed by atoms with Crippen molar-refractivity contribution in [3.05, 3.63) is 46.2 Å². The summed E-state index contributed by atoms with van der Waals surface area (Å²) in [5.41, 5.74) is 2.62. The predicted octanol–water partition coefficient (Wildman–Crippen LogP) is 1.15. The second-order valence-electron chi connectivity index (χ2n) is 8.77. The smallest absolute Gasteiger partial charge is 0.261 e. The minimum Gasteiger partial charge on any atom is -0.459 e. The molecule has 1 N–H and O–H groups in total. The summed E-state index contributed by atoms with van der Waals surface area (Å²) >= 11 is 0. The van der Waals surface area contributed by atoms with Crippen molar-refractivity contribution in [3.8, 4) is 11.1 Å². The fraction of sp³-hybridized carbons (Fsp3) is 0.409. The van der Waals surface area contributed by atoms with Crippen LogP contribution in [-0.4, -0.2) is 65.0 Å². The van der Waals surface area contributed by atoms with E-state index >= 15 is 0 Å². The zero-order chi connectivity index (χ0) is 23.5. The maximum absolute atomic E-state index is 12.9. The van der Waals surface area contributed by atoms with Gasteiger partial charge in [-0.2, -0.15) is 4.31 Å². The molecule has 0 radical (unpaired) electrons. The summed E-state index contributed by atoms with van der Waals surface area (Å²) in [6.07, 6.45) is 4.80. The van der Waals surface area contributed by atoms with Crippen LogP contribution in [0.15, 0.2) is 33.7 Å². The van der Waals surface area contributed by atoms with Gasteiger partial charge in [0.15, 0.2) is 0 Å². The van der Waals surface area contributed by atoms with Gasteiger partial charge in [-0.25, -0.2) is 13.4 Å². The molecule has 2 aliphatic rings. The number of pyridine rings is 2. The van der Waals surface area contributed by atoms with Gasteiger partial charge in [0.05, 0.1) is 24.6 Å². The van der Waals surface area contributed by atoms with Crippen LogP contribution in [0.2, 0.25) is 0 Å². The minimum atomic E-state index is -3.23. The molecule has 1 atom stereocenters. The highest BCUT2D eigenvalue weighted by Crippen LogP contribution is 2.36. The van der Waals surface area contributed by atoms with E-state index in [1.54, 1.807) is 25.5 Å². The largest absolute Gasteiger partial charge is 0.459 e. The number of aromatic nitrogens is 2. The molecule has 11 heteroatoms. The molecule has 0 aromatic carbocycles. The lowest BCUT2D eigenvalue weighted by molar-refractivity contribution is -0.115. The normalized spacial score (nSPS) is 19.7. The Morgan fingerprint density at radius 3 is 2.76 bits per heavy atom. The third-order valence-corrected chi connectivity index (χ3v) is 7.67. The van der Waals surface area contributed by atoms with Gasteiger partial charge in [0.1, 0.15) is 17.2 Å². The third kappa shape index (κ3) is 3.85. The van der Waals surface area contributed by atoms with E-state index in [1.807, 2.05) is 13.0 Å². The van der Waals surface area contributed by atoms with Gasteiger partial charge < -0.3 is 14.3 Å². The van der Waals surface area contributed by atoms with E-state index in [0.717, 1.165) is 16.7 Å². The van der Waals surface area contributed by atoms with Crippen LogP contribution in [0.5, 0.6) is 0 Å². The highest BCUT2D eigenvalue weighted by molar-refractivity contribution is 7.88. The van der Waals surface area contributed by atoms with E-state index in [1.165, 1.54) is 15.1 Å². The summed E-state index contributed by atoms with van der Waals surface area (Å²) in [6, 6.07) is 3.60. The van der Waals surface area contributed by atoms with Crippen molar-refractivity contribution >= 4 is 32.7 Å². The minimum absolute atomic E-state index is 0.00421. The summed E-state index contributed by atoms with van der Waals surface area (Å²) in [5, 5.41) is 3.23. The number of hydrogen-bond donors (Lipinski definition) is 1. The van der Waals surface area contributed by atoms with Crippen molar-refractivity contribution in [1.29, 1.82) is 0 Å². The summed E-state index contributed by atoms with van der Waals surface area (Å²) in [4.78, 5) is 31.2. The number of nitrogens with one attached hydrogen (secondary N) is 1. The molecule has 0 spiro atoms. The standard InChI is InChI=1S/C22H25N5O5S/c1-13-10-27(33(3,30)31)7-6-26(13)11-14-8-17-20(32-14)18(12-25(2)22(17)29)15-4-5-23-21-16(15)9-19(28)24-21/h4-5,8,12-13H,6-7,9-11H2,1-3H3,(H,23,24,28)/t13-/m1/s1. The average Bonchev–Trinajstić information content (AvgIpc) is 3.34. The average molecular weight is 472 g/mol. The SMILES string of the molecule is C[C@@H]1CN(S(C)(=O)=O)CCN1Cc1cc2c(=O)n(C)cc(-c3ccnc4c3CC(=O)N4)c2o1. The van der Waals surface area contributed by atoms with Crippen LogP contribution in [0.4, 0.5) is 5.82 Å². The van der Waals surface area contributed by atoms with E-state index in [4.69, 9.17) is 4.42 Å². The van der Waals surface area contributed by atoms with Gasteiger partial charge >= 0.3 is 0 Å². The van der Waals surface area contributed by atoms with Crippen molar-refractivity contribution in [2.75, 3.05) is 31.2 Å². The molecule has 3 aromatic rings. The monoisotopic (exact) mass is 471 g/mol. The first-order valence-electron chi connectivity index (χ1n) is 10.7. The number of fused-ring (bicyclic) bond motifs is 2. The Kier molecular flexibility index (Phi) is 5.15. The first-order chi connectivity index (χ1) is 15.6. The summed E-state index contributed by atoms with van der Waals surface area (Å²) in [7, 11) is -1.54. The Hall–Kier alpha value is -3.02. The fourth-order valence-corrected chi connectivity index (χ4v) is 5.54. The molecular weight excluding hydrogens is 446 g/mol. The molecule has 10 nitrogen and oxygen atoms in total. The molecule has 1 amide bonds. The van der Waals surface area contributed by atoms with E-state index < -0.39 is 10.0 Å². The second-order valence-corrected chi connectivity index (χ2v) is 10.7.